The molecule has 0 radical (unpaired) electrons. The van der Waals surface area contributed by atoms with Gasteiger partial charge in [-0.3, -0.25) is 4.79 Å². The molecule has 0 aromatic rings. The second-order valence-corrected chi connectivity index (χ2v) is 9.24. The molecule has 2 aliphatic rings. The molecule has 0 saturated carbocycles. The predicted octanol–water partition coefficient (Wildman–Crippen LogP) is 0.394. The summed E-state index contributed by atoms with van der Waals surface area (Å²) in [6.45, 7) is 6.91. The molecule has 0 aromatic carbocycles. The zero-order chi connectivity index (χ0) is 19.2. The van der Waals surface area contributed by atoms with Crippen molar-refractivity contribution in [3.8, 4) is 0 Å². The smallest absolute Gasteiger partial charge is 0.282 e. The van der Waals surface area contributed by atoms with Crippen LogP contribution in [0.4, 0.5) is 0 Å². The first-order valence-corrected chi connectivity index (χ1v) is 11.1. The van der Waals surface area contributed by atoms with Crippen molar-refractivity contribution in [3.05, 3.63) is 0 Å². The molecule has 2 unspecified atom stereocenters. The third-order valence-electron chi connectivity index (χ3n) is 4.97. The maximum absolute atomic E-state index is 12.9. The highest BCUT2D eigenvalue weighted by Gasteiger charge is 2.37. The average molecular weight is 391 g/mol. The van der Waals surface area contributed by atoms with Crippen LogP contribution < -0.4 is 5.73 Å². The van der Waals surface area contributed by atoms with Crippen molar-refractivity contribution in [1.29, 1.82) is 0 Å². The molecule has 8 nitrogen and oxygen atoms in total. The van der Waals surface area contributed by atoms with Gasteiger partial charge in [0.1, 0.15) is 0 Å². The fourth-order valence-electron chi connectivity index (χ4n) is 3.58. The largest absolute Gasteiger partial charge is 0.373 e. The third kappa shape index (κ3) is 5.88. The molecule has 2 N–H and O–H groups in total. The SMILES string of the molecule is CC1CN(S(=O)(=O)N2CCN(C(=O)CCCCCCN)CC2)CC(C)O1. The van der Waals surface area contributed by atoms with Crippen LogP contribution in [-0.2, 0) is 19.7 Å². The number of rotatable bonds is 8. The monoisotopic (exact) mass is 390 g/mol. The number of morpholine rings is 1. The Morgan fingerprint density at radius 1 is 0.962 bits per heavy atom. The maximum atomic E-state index is 12.9. The van der Waals surface area contributed by atoms with Crippen LogP contribution >= 0.6 is 0 Å². The van der Waals surface area contributed by atoms with E-state index >= 15 is 0 Å². The lowest BCUT2D eigenvalue weighted by molar-refractivity contribution is -0.132. The molecule has 26 heavy (non-hydrogen) atoms. The first kappa shape index (κ1) is 21.6. The molecular formula is C17H34N4O4S. The van der Waals surface area contributed by atoms with Gasteiger partial charge < -0.3 is 15.4 Å². The highest BCUT2D eigenvalue weighted by Crippen LogP contribution is 2.19. The summed E-state index contributed by atoms with van der Waals surface area (Å²) in [6.07, 6.45) is 4.29. The number of amides is 1. The lowest BCUT2D eigenvalue weighted by atomic mass is 10.1. The van der Waals surface area contributed by atoms with Crippen LogP contribution in [-0.4, -0.2) is 85.9 Å². The summed E-state index contributed by atoms with van der Waals surface area (Å²) in [5.41, 5.74) is 5.47. The zero-order valence-corrected chi connectivity index (χ0v) is 16.9. The van der Waals surface area contributed by atoms with Crippen LogP contribution in [0.5, 0.6) is 0 Å². The Labute approximate surface area is 157 Å². The molecule has 2 rings (SSSR count). The van der Waals surface area contributed by atoms with E-state index in [0.29, 0.717) is 52.2 Å². The lowest BCUT2D eigenvalue weighted by Crippen LogP contribution is -2.57. The quantitative estimate of drug-likeness (QED) is 0.605. The summed E-state index contributed by atoms with van der Waals surface area (Å²) in [7, 11) is -3.49. The Balaban J connectivity index is 1.79. The van der Waals surface area contributed by atoms with Gasteiger partial charge in [0.05, 0.1) is 12.2 Å². The molecule has 1 amide bonds. The third-order valence-corrected chi connectivity index (χ3v) is 6.94. The van der Waals surface area contributed by atoms with Crippen molar-refractivity contribution < 1.29 is 17.9 Å². The van der Waals surface area contributed by atoms with E-state index in [9.17, 15) is 13.2 Å². The number of nitrogens with two attached hydrogens (primary N) is 1. The molecule has 2 heterocycles. The number of ether oxygens (including phenoxy) is 1. The van der Waals surface area contributed by atoms with E-state index in [-0.39, 0.29) is 18.1 Å². The molecule has 2 saturated heterocycles. The Bertz CT molecular complexity index is 539. The number of carbonyl (C=O) groups is 1. The molecule has 9 heteroatoms. The van der Waals surface area contributed by atoms with Gasteiger partial charge in [-0.1, -0.05) is 12.8 Å². The van der Waals surface area contributed by atoms with Crippen molar-refractivity contribution in [2.75, 3.05) is 45.8 Å². The van der Waals surface area contributed by atoms with Gasteiger partial charge in [-0.05, 0) is 33.2 Å². The van der Waals surface area contributed by atoms with Gasteiger partial charge in [0.25, 0.3) is 10.2 Å². The summed E-state index contributed by atoms with van der Waals surface area (Å²) in [4.78, 5) is 14.1. The van der Waals surface area contributed by atoms with Crippen LogP contribution in [0.2, 0.25) is 0 Å². The first-order valence-electron chi connectivity index (χ1n) is 9.73. The topological polar surface area (TPSA) is 96.2 Å². The highest BCUT2D eigenvalue weighted by atomic mass is 32.2. The number of hydrogen-bond donors (Lipinski definition) is 1. The van der Waals surface area contributed by atoms with E-state index in [1.54, 1.807) is 4.90 Å². The molecule has 0 aromatic heterocycles. The van der Waals surface area contributed by atoms with E-state index < -0.39 is 10.2 Å². The van der Waals surface area contributed by atoms with Gasteiger partial charge in [-0.2, -0.15) is 17.0 Å². The van der Waals surface area contributed by atoms with E-state index in [2.05, 4.69) is 0 Å². The number of hydrogen-bond acceptors (Lipinski definition) is 5. The van der Waals surface area contributed by atoms with Gasteiger partial charge in [-0.15, -0.1) is 0 Å². The van der Waals surface area contributed by atoms with E-state index in [1.807, 2.05) is 13.8 Å². The Morgan fingerprint density at radius 3 is 2.12 bits per heavy atom. The van der Waals surface area contributed by atoms with E-state index in [4.69, 9.17) is 10.5 Å². The van der Waals surface area contributed by atoms with Gasteiger partial charge in [0.2, 0.25) is 5.91 Å². The zero-order valence-electron chi connectivity index (χ0n) is 16.1. The maximum Gasteiger partial charge on any atom is 0.282 e. The van der Waals surface area contributed by atoms with Crippen LogP contribution in [0.25, 0.3) is 0 Å². The van der Waals surface area contributed by atoms with Crippen molar-refractivity contribution in [1.82, 2.24) is 13.5 Å². The summed E-state index contributed by atoms with van der Waals surface area (Å²) in [6, 6.07) is 0. The van der Waals surface area contributed by atoms with Gasteiger partial charge in [0, 0.05) is 45.7 Å². The van der Waals surface area contributed by atoms with Gasteiger partial charge in [-0.25, -0.2) is 0 Å². The fraction of sp³-hybridized carbons (Fsp3) is 0.941. The Morgan fingerprint density at radius 2 is 1.54 bits per heavy atom. The van der Waals surface area contributed by atoms with Gasteiger partial charge >= 0.3 is 0 Å². The molecule has 2 fully saturated rings. The highest BCUT2D eigenvalue weighted by molar-refractivity contribution is 7.86. The Kier molecular flexibility index (Phi) is 8.28. The normalized spacial score (nSPS) is 26.2. The second-order valence-electron chi connectivity index (χ2n) is 7.31. The minimum atomic E-state index is -3.49. The lowest BCUT2D eigenvalue weighted by Gasteiger charge is -2.40. The van der Waals surface area contributed by atoms with Crippen LogP contribution in [0.15, 0.2) is 0 Å². The fourth-order valence-corrected chi connectivity index (χ4v) is 5.33. The number of nitrogens with zero attached hydrogens (tertiary/aromatic N) is 3. The van der Waals surface area contributed by atoms with Crippen molar-refractivity contribution in [2.45, 2.75) is 58.2 Å². The summed E-state index contributed by atoms with van der Waals surface area (Å²) >= 11 is 0. The Hall–Kier alpha value is -0.740. The van der Waals surface area contributed by atoms with Gasteiger partial charge in [0.15, 0.2) is 0 Å². The summed E-state index contributed by atoms with van der Waals surface area (Å²) < 4.78 is 34.4. The number of carbonyl (C=O) groups excluding carboxylic acids is 1. The number of piperazine rings is 1. The van der Waals surface area contributed by atoms with Crippen LogP contribution in [0.3, 0.4) is 0 Å². The average Bonchev–Trinajstić information content (AvgIpc) is 2.60. The molecule has 152 valence electrons. The molecule has 0 spiro atoms. The molecular weight excluding hydrogens is 356 g/mol. The molecule has 0 bridgehead atoms. The molecule has 2 aliphatic heterocycles. The van der Waals surface area contributed by atoms with Crippen molar-refractivity contribution >= 4 is 16.1 Å². The summed E-state index contributed by atoms with van der Waals surface area (Å²) in [5.74, 6) is 0.128. The van der Waals surface area contributed by atoms with Crippen molar-refractivity contribution in [2.24, 2.45) is 5.73 Å². The predicted molar refractivity (Wildman–Crippen MR) is 101 cm³/mol. The van der Waals surface area contributed by atoms with Crippen LogP contribution in [0.1, 0.15) is 46.0 Å². The molecule has 0 aliphatic carbocycles. The standard InChI is InChI=1S/C17H34N4O4S/c1-15-13-21(14-16(2)25-15)26(23,24)20-11-9-19(10-12-20)17(22)7-5-3-4-6-8-18/h15-16H,3-14,18H2,1-2H3. The second kappa shape index (κ2) is 9.98. The van der Waals surface area contributed by atoms with Crippen LogP contribution in [0, 0.1) is 0 Å². The van der Waals surface area contributed by atoms with E-state index in [0.717, 1.165) is 25.7 Å². The van der Waals surface area contributed by atoms with E-state index in [1.165, 1.54) is 8.61 Å². The number of unbranched alkanes of at least 4 members (excludes halogenated alkanes) is 3. The minimum absolute atomic E-state index is 0.101. The molecule has 2 atom stereocenters. The summed E-state index contributed by atoms with van der Waals surface area (Å²) in [5, 5.41) is 0. The van der Waals surface area contributed by atoms with Crippen molar-refractivity contribution in [3.63, 3.8) is 0 Å². The first-order chi connectivity index (χ1) is 12.3. The minimum Gasteiger partial charge on any atom is -0.373 e.